The Balaban J connectivity index is 2.20. The van der Waals surface area contributed by atoms with Crippen LogP contribution in [-0.4, -0.2) is 30.6 Å². The van der Waals surface area contributed by atoms with Crippen LogP contribution in [0.4, 0.5) is 0 Å². The van der Waals surface area contributed by atoms with Crippen molar-refractivity contribution in [1.29, 1.82) is 0 Å². The molecule has 3 nitrogen and oxygen atoms in total. The molecule has 2 N–H and O–H groups in total. The highest BCUT2D eigenvalue weighted by molar-refractivity contribution is 4.87. The first-order chi connectivity index (χ1) is 3.83. The van der Waals surface area contributed by atoms with Crippen molar-refractivity contribution in [1.82, 2.24) is 5.32 Å². The molecule has 0 spiro atoms. The van der Waals surface area contributed by atoms with Gasteiger partial charge in [0.05, 0.1) is 13.2 Å². The summed E-state index contributed by atoms with van der Waals surface area (Å²) in [5.41, 5.74) is -0.352. The van der Waals surface area contributed by atoms with Gasteiger partial charge in [0.25, 0.3) is 0 Å². The van der Waals surface area contributed by atoms with Crippen molar-refractivity contribution in [3.63, 3.8) is 0 Å². The lowest BCUT2D eigenvalue weighted by molar-refractivity contribution is 0.146. The number of hydrogen-bond donors (Lipinski definition) is 2. The first kappa shape index (κ1) is 6.01. The molecule has 1 atom stereocenters. The second-order valence-electron chi connectivity index (χ2n) is 1.97. The van der Waals surface area contributed by atoms with Crippen LogP contribution in [0, 0.1) is 0 Å². The molecule has 0 aromatic heterocycles. The molecule has 1 rings (SSSR count). The Morgan fingerprint density at radius 2 is 2.50 bits per heavy atom. The summed E-state index contributed by atoms with van der Waals surface area (Å²) in [5.74, 6) is 0. The third kappa shape index (κ3) is 0.992. The standard InChI is InChI=1S/C5H11NO2/c1-2-6-5(3-7)4-8-5/h6-7H,2-4H2,1H3. The molecule has 0 bridgehead atoms. The van der Waals surface area contributed by atoms with Gasteiger partial charge in [0.2, 0.25) is 0 Å². The van der Waals surface area contributed by atoms with Crippen LogP contribution in [0.3, 0.4) is 0 Å². The summed E-state index contributed by atoms with van der Waals surface area (Å²) in [6, 6.07) is 0. The number of nitrogens with one attached hydrogen (secondary N) is 1. The molecule has 1 heterocycles. The number of epoxide rings is 1. The zero-order valence-electron chi connectivity index (χ0n) is 4.98. The molecule has 0 aliphatic carbocycles. The van der Waals surface area contributed by atoms with E-state index in [1.165, 1.54) is 0 Å². The van der Waals surface area contributed by atoms with E-state index < -0.39 is 0 Å². The lowest BCUT2D eigenvalue weighted by Crippen LogP contribution is -2.35. The van der Waals surface area contributed by atoms with Gasteiger partial charge in [0.15, 0.2) is 5.72 Å². The summed E-state index contributed by atoms with van der Waals surface area (Å²) in [6.07, 6.45) is 0. The third-order valence-corrected chi connectivity index (χ3v) is 1.25. The monoisotopic (exact) mass is 117 g/mol. The van der Waals surface area contributed by atoms with Crippen molar-refractivity contribution in [3.8, 4) is 0 Å². The normalized spacial score (nSPS) is 35.2. The molecular weight excluding hydrogens is 106 g/mol. The van der Waals surface area contributed by atoms with Crippen LogP contribution < -0.4 is 5.32 Å². The number of rotatable bonds is 3. The molecule has 0 amide bonds. The molecule has 1 saturated heterocycles. The highest BCUT2D eigenvalue weighted by Crippen LogP contribution is 2.21. The minimum absolute atomic E-state index is 0.0842. The predicted octanol–water partition coefficient (Wildman–Crippen LogP) is -0.685. The van der Waals surface area contributed by atoms with Crippen molar-refractivity contribution in [2.45, 2.75) is 12.6 Å². The van der Waals surface area contributed by atoms with Crippen molar-refractivity contribution in [2.75, 3.05) is 19.8 Å². The second-order valence-corrected chi connectivity index (χ2v) is 1.97. The van der Waals surface area contributed by atoms with Gasteiger partial charge in [-0.2, -0.15) is 0 Å². The van der Waals surface area contributed by atoms with E-state index in [1.54, 1.807) is 0 Å². The van der Waals surface area contributed by atoms with Crippen molar-refractivity contribution in [2.24, 2.45) is 0 Å². The molecule has 0 aromatic carbocycles. The van der Waals surface area contributed by atoms with Crippen molar-refractivity contribution < 1.29 is 9.84 Å². The number of likely N-dealkylation sites (N-methyl/N-ethyl adjacent to an activating group) is 1. The topological polar surface area (TPSA) is 44.8 Å². The Bertz CT molecular complexity index is 80.5. The van der Waals surface area contributed by atoms with Gasteiger partial charge in [-0.05, 0) is 6.54 Å². The molecule has 1 fully saturated rings. The van der Waals surface area contributed by atoms with Gasteiger partial charge < -0.3 is 9.84 Å². The maximum absolute atomic E-state index is 8.60. The average Bonchev–Trinajstić information content (AvgIpc) is 2.50. The SMILES string of the molecule is CCNC1(CO)CO1. The molecular formula is C5H11NO2. The number of ether oxygens (including phenoxy) is 1. The summed E-state index contributed by atoms with van der Waals surface area (Å²) in [4.78, 5) is 0. The van der Waals surface area contributed by atoms with Gasteiger partial charge in [-0.15, -0.1) is 0 Å². The number of aliphatic hydroxyl groups is 1. The molecule has 0 radical (unpaired) electrons. The van der Waals surface area contributed by atoms with Crippen LogP contribution in [-0.2, 0) is 4.74 Å². The second kappa shape index (κ2) is 2.01. The maximum atomic E-state index is 8.60. The molecule has 1 aliphatic rings. The van der Waals surface area contributed by atoms with Crippen LogP contribution >= 0.6 is 0 Å². The van der Waals surface area contributed by atoms with E-state index in [4.69, 9.17) is 9.84 Å². The fraction of sp³-hybridized carbons (Fsp3) is 1.00. The largest absolute Gasteiger partial charge is 0.392 e. The Hall–Kier alpha value is -0.120. The smallest absolute Gasteiger partial charge is 0.166 e. The van der Waals surface area contributed by atoms with Gasteiger partial charge in [0, 0.05) is 0 Å². The number of hydrogen-bond acceptors (Lipinski definition) is 3. The third-order valence-electron chi connectivity index (χ3n) is 1.25. The minimum atomic E-state index is -0.352. The Morgan fingerprint density at radius 1 is 1.88 bits per heavy atom. The van der Waals surface area contributed by atoms with E-state index in [9.17, 15) is 0 Å². The van der Waals surface area contributed by atoms with Crippen molar-refractivity contribution >= 4 is 0 Å². The fourth-order valence-electron chi connectivity index (χ4n) is 0.659. The molecule has 1 unspecified atom stereocenters. The van der Waals surface area contributed by atoms with Crippen molar-refractivity contribution in [3.05, 3.63) is 0 Å². The van der Waals surface area contributed by atoms with Gasteiger partial charge >= 0.3 is 0 Å². The van der Waals surface area contributed by atoms with Crippen LogP contribution in [0.15, 0.2) is 0 Å². The summed E-state index contributed by atoms with van der Waals surface area (Å²) < 4.78 is 4.92. The quantitative estimate of drug-likeness (QED) is 0.481. The lowest BCUT2D eigenvalue weighted by atomic mass is 10.3. The first-order valence-electron chi connectivity index (χ1n) is 2.83. The van der Waals surface area contributed by atoms with E-state index in [2.05, 4.69) is 5.32 Å². The molecule has 0 saturated carbocycles. The minimum Gasteiger partial charge on any atom is -0.392 e. The van der Waals surface area contributed by atoms with E-state index >= 15 is 0 Å². The fourth-order valence-corrected chi connectivity index (χ4v) is 0.659. The molecule has 1 aliphatic heterocycles. The highest BCUT2D eigenvalue weighted by Gasteiger charge is 2.43. The zero-order valence-corrected chi connectivity index (χ0v) is 4.98. The van der Waals surface area contributed by atoms with Crippen LogP contribution in [0.25, 0.3) is 0 Å². The Morgan fingerprint density at radius 3 is 2.62 bits per heavy atom. The van der Waals surface area contributed by atoms with Gasteiger partial charge in [-0.25, -0.2) is 0 Å². The summed E-state index contributed by atoms with van der Waals surface area (Å²) >= 11 is 0. The Kier molecular flexibility index (Phi) is 1.51. The molecule has 3 heteroatoms. The molecule has 0 aromatic rings. The van der Waals surface area contributed by atoms with Crippen LogP contribution in [0.5, 0.6) is 0 Å². The first-order valence-corrected chi connectivity index (χ1v) is 2.83. The van der Waals surface area contributed by atoms with E-state index in [-0.39, 0.29) is 12.3 Å². The van der Waals surface area contributed by atoms with Gasteiger partial charge in [0.1, 0.15) is 0 Å². The summed E-state index contributed by atoms with van der Waals surface area (Å²) in [5, 5.41) is 11.6. The number of aliphatic hydroxyl groups excluding tert-OH is 1. The predicted molar refractivity (Wildman–Crippen MR) is 29.4 cm³/mol. The average molecular weight is 117 g/mol. The zero-order chi connectivity index (χ0) is 6.04. The lowest BCUT2D eigenvalue weighted by Gasteiger charge is -2.06. The summed E-state index contributed by atoms with van der Waals surface area (Å²) in [6.45, 7) is 3.57. The van der Waals surface area contributed by atoms with E-state index in [1.807, 2.05) is 6.92 Å². The Labute approximate surface area is 48.7 Å². The van der Waals surface area contributed by atoms with Gasteiger partial charge in [-0.1, -0.05) is 6.92 Å². The maximum Gasteiger partial charge on any atom is 0.166 e. The van der Waals surface area contributed by atoms with Crippen LogP contribution in [0.2, 0.25) is 0 Å². The van der Waals surface area contributed by atoms with E-state index in [0.717, 1.165) is 6.54 Å². The highest BCUT2D eigenvalue weighted by atomic mass is 16.6. The molecule has 8 heavy (non-hydrogen) atoms. The summed E-state index contributed by atoms with van der Waals surface area (Å²) in [7, 11) is 0. The van der Waals surface area contributed by atoms with Gasteiger partial charge in [-0.3, -0.25) is 5.32 Å². The van der Waals surface area contributed by atoms with E-state index in [0.29, 0.717) is 6.61 Å². The van der Waals surface area contributed by atoms with Crippen LogP contribution in [0.1, 0.15) is 6.92 Å². The molecule has 48 valence electrons.